The van der Waals surface area contributed by atoms with Crippen LogP contribution in [0, 0.1) is 0 Å². The summed E-state index contributed by atoms with van der Waals surface area (Å²) in [6.07, 6.45) is 1.17. The van der Waals surface area contributed by atoms with Gasteiger partial charge in [0.2, 0.25) is 0 Å². The first-order valence-corrected chi connectivity index (χ1v) is 7.32. The van der Waals surface area contributed by atoms with Gasteiger partial charge < -0.3 is 5.32 Å². The van der Waals surface area contributed by atoms with Crippen molar-refractivity contribution in [1.29, 1.82) is 0 Å². The van der Waals surface area contributed by atoms with Gasteiger partial charge in [-0.2, -0.15) is 0 Å². The fourth-order valence-electron chi connectivity index (χ4n) is 3.11. The largest absolute Gasteiger partial charge is 0.312 e. The topological polar surface area (TPSA) is 12.0 Å². The Morgan fingerprint density at radius 2 is 1.78 bits per heavy atom. The van der Waals surface area contributed by atoms with Crippen LogP contribution in [0.25, 0.3) is 0 Å². The summed E-state index contributed by atoms with van der Waals surface area (Å²) in [6, 6.07) is 15.6. The summed E-state index contributed by atoms with van der Waals surface area (Å²) in [4.78, 5) is 2.89. The number of hydrogen-bond donors (Lipinski definition) is 1. The molecule has 0 bridgehead atoms. The summed E-state index contributed by atoms with van der Waals surface area (Å²) in [5.41, 5.74) is 4.58. The Hall–Kier alpha value is -1.25. The molecule has 2 heteroatoms. The Morgan fingerprint density at radius 1 is 0.944 bits per heavy atom. The first-order valence-electron chi connectivity index (χ1n) is 6.50. The fourth-order valence-corrected chi connectivity index (χ4v) is 4.33. The highest BCUT2D eigenvalue weighted by Gasteiger charge is 2.27. The van der Waals surface area contributed by atoms with Crippen molar-refractivity contribution in [3.63, 3.8) is 0 Å². The van der Waals surface area contributed by atoms with Crippen LogP contribution in [-0.4, -0.2) is 6.54 Å². The van der Waals surface area contributed by atoms with Gasteiger partial charge in [-0.15, -0.1) is 0 Å². The molecule has 1 nitrogen and oxygen atoms in total. The lowest BCUT2D eigenvalue weighted by molar-refractivity contribution is 0.531. The van der Waals surface area contributed by atoms with Crippen molar-refractivity contribution in [1.82, 2.24) is 5.32 Å². The molecule has 2 aliphatic heterocycles. The smallest absolute Gasteiger partial charge is 0.0209 e. The molecule has 90 valence electrons. The average molecular weight is 253 g/mol. The summed E-state index contributed by atoms with van der Waals surface area (Å²) < 4.78 is 0. The Morgan fingerprint density at radius 3 is 2.78 bits per heavy atom. The molecule has 2 aromatic carbocycles. The summed E-state index contributed by atoms with van der Waals surface area (Å²) >= 11 is 1.94. The normalized spacial score (nSPS) is 20.8. The quantitative estimate of drug-likeness (QED) is 0.770. The van der Waals surface area contributed by atoms with Crippen molar-refractivity contribution in [2.24, 2.45) is 0 Å². The molecule has 1 N–H and O–H groups in total. The van der Waals surface area contributed by atoms with Crippen LogP contribution >= 0.6 is 11.8 Å². The Kier molecular flexibility index (Phi) is 2.45. The molecular formula is C16H15NS. The van der Waals surface area contributed by atoms with Crippen molar-refractivity contribution in [3.05, 3.63) is 59.2 Å². The van der Waals surface area contributed by atoms with E-state index in [1.54, 1.807) is 5.56 Å². The molecule has 0 fully saturated rings. The second-order valence-corrected chi connectivity index (χ2v) is 6.15. The zero-order valence-corrected chi connectivity index (χ0v) is 11.0. The monoisotopic (exact) mass is 253 g/mol. The van der Waals surface area contributed by atoms with Gasteiger partial charge in [0, 0.05) is 28.8 Å². The molecule has 0 amide bonds. The van der Waals surface area contributed by atoms with E-state index in [2.05, 4.69) is 47.8 Å². The molecule has 2 aliphatic rings. The summed E-state index contributed by atoms with van der Waals surface area (Å²) in [5.74, 6) is 0.640. The van der Waals surface area contributed by atoms with Crippen LogP contribution in [-0.2, 0) is 13.0 Å². The van der Waals surface area contributed by atoms with Gasteiger partial charge in [0.25, 0.3) is 0 Å². The van der Waals surface area contributed by atoms with E-state index in [0.29, 0.717) is 5.92 Å². The second kappa shape index (κ2) is 4.15. The summed E-state index contributed by atoms with van der Waals surface area (Å²) in [6.45, 7) is 2.13. The van der Waals surface area contributed by atoms with Crippen molar-refractivity contribution >= 4 is 11.8 Å². The van der Waals surface area contributed by atoms with Crippen molar-refractivity contribution in [2.45, 2.75) is 28.7 Å². The van der Waals surface area contributed by atoms with Gasteiger partial charge in [-0.25, -0.2) is 0 Å². The molecule has 2 aromatic rings. The first-order chi connectivity index (χ1) is 8.92. The fraction of sp³-hybridized carbons (Fsp3) is 0.250. The lowest BCUT2D eigenvalue weighted by atomic mass is 9.86. The molecule has 4 rings (SSSR count). The summed E-state index contributed by atoms with van der Waals surface area (Å²) in [5, 5.41) is 3.55. The minimum atomic E-state index is 0.640. The van der Waals surface area contributed by atoms with Crippen LogP contribution in [0.15, 0.2) is 52.3 Å². The summed E-state index contributed by atoms with van der Waals surface area (Å²) in [7, 11) is 0. The molecule has 0 saturated heterocycles. The van der Waals surface area contributed by atoms with Crippen LogP contribution in [0.3, 0.4) is 0 Å². The van der Waals surface area contributed by atoms with E-state index in [1.807, 2.05) is 11.8 Å². The van der Waals surface area contributed by atoms with Gasteiger partial charge >= 0.3 is 0 Å². The highest BCUT2D eigenvalue weighted by atomic mass is 32.2. The maximum absolute atomic E-state index is 3.55. The third kappa shape index (κ3) is 1.60. The predicted molar refractivity (Wildman–Crippen MR) is 75.2 cm³/mol. The minimum absolute atomic E-state index is 0.640. The minimum Gasteiger partial charge on any atom is -0.312 e. The Balaban J connectivity index is 1.92. The van der Waals surface area contributed by atoms with E-state index >= 15 is 0 Å². The highest BCUT2D eigenvalue weighted by molar-refractivity contribution is 7.99. The Bertz CT molecular complexity index is 606. The van der Waals surface area contributed by atoms with E-state index in [1.165, 1.54) is 27.3 Å². The third-order valence-electron chi connectivity index (χ3n) is 3.93. The lowest BCUT2D eigenvalue weighted by Crippen LogP contribution is -2.29. The van der Waals surface area contributed by atoms with Crippen LogP contribution in [0.5, 0.6) is 0 Å². The molecule has 1 atom stereocenters. The number of hydrogen-bond acceptors (Lipinski definition) is 2. The van der Waals surface area contributed by atoms with Crippen LogP contribution in [0.4, 0.5) is 0 Å². The zero-order valence-electron chi connectivity index (χ0n) is 10.1. The third-order valence-corrected chi connectivity index (χ3v) is 5.12. The standard InChI is InChI=1S/C16H15NS/c1-2-6-14-11(4-1)8-13-10-17-9-12-5-3-7-15(18-14)16(12)13/h1-7,13,17H,8-10H2/t13-/m0/s1. The molecule has 18 heavy (non-hydrogen) atoms. The second-order valence-electron chi connectivity index (χ2n) is 5.07. The van der Waals surface area contributed by atoms with Gasteiger partial charge in [0.1, 0.15) is 0 Å². The van der Waals surface area contributed by atoms with Gasteiger partial charge in [-0.05, 0) is 35.2 Å². The van der Waals surface area contributed by atoms with Crippen LogP contribution in [0.1, 0.15) is 22.6 Å². The van der Waals surface area contributed by atoms with Gasteiger partial charge in [-0.3, -0.25) is 0 Å². The van der Waals surface area contributed by atoms with Gasteiger partial charge in [0.05, 0.1) is 0 Å². The maximum atomic E-state index is 3.55. The maximum Gasteiger partial charge on any atom is 0.0209 e. The van der Waals surface area contributed by atoms with E-state index < -0.39 is 0 Å². The van der Waals surface area contributed by atoms with Crippen molar-refractivity contribution < 1.29 is 0 Å². The van der Waals surface area contributed by atoms with E-state index in [4.69, 9.17) is 0 Å². The van der Waals surface area contributed by atoms with Gasteiger partial charge in [0.15, 0.2) is 0 Å². The van der Waals surface area contributed by atoms with Crippen molar-refractivity contribution in [2.75, 3.05) is 6.54 Å². The van der Waals surface area contributed by atoms with Gasteiger partial charge in [-0.1, -0.05) is 42.1 Å². The first kappa shape index (κ1) is 10.7. The number of benzene rings is 2. The van der Waals surface area contributed by atoms with E-state index in [0.717, 1.165) is 13.1 Å². The number of fused-ring (bicyclic) bond motifs is 1. The molecule has 0 unspecified atom stereocenters. The lowest BCUT2D eigenvalue weighted by Gasteiger charge is -2.26. The molecular weight excluding hydrogens is 238 g/mol. The van der Waals surface area contributed by atoms with Crippen LogP contribution in [0.2, 0.25) is 0 Å². The number of nitrogens with one attached hydrogen (secondary N) is 1. The predicted octanol–water partition coefficient (Wildman–Crippen LogP) is 3.58. The van der Waals surface area contributed by atoms with Crippen LogP contribution < -0.4 is 5.32 Å². The highest BCUT2D eigenvalue weighted by Crippen LogP contribution is 2.43. The molecule has 0 saturated carbocycles. The van der Waals surface area contributed by atoms with Crippen molar-refractivity contribution in [3.8, 4) is 0 Å². The molecule has 0 spiro atoms. The number of rotatable bonds is 0. The molecule has 0 aliphatic carbocycles. The Labute approximate surface area is 112 Å². The average Bonchev–Trinajstić information content (AvgIpc) is 2.57. The zero-order chi connectivity index (χ0) is 11.9. The van der Waals surface area contributed by atoms with E-state index in [9.17, 15) is 0 Å². The molecule has 2 heterocycles. The van der Waals surface area contributed by atoms with E-state index in [-0.39, 0.29) is 0 Å². The molecule has 0 aromatic heterocycles. The molecule has 0 radical (unpaired) electrons. The SMILES string of the molecule is c1ccc2c(c1)C[C@H]1CNCc3cccc(c31)S2.